The molecule has 1 aromatic rings. The van der Waals surface area contributed by atoms with E-state index in [0.717, 1.165) is 0 Å². The van der Waals surface area contributed by atoms with Gasteiger partial charge in [0.25, 0.3) is 0 Å². The van der Waals surface area contributed by atoms with Crippen LogP contribution in [0.3, 0.4) is 0 Å². The average molecular weight is 245 g/mol. The summed E-state index contributed by atoms with van der Waals surface area (Å²) in [4.78, 5) is 22.3. The molecule has 0 amide bonds. The minimum atomic E-state index is -0.155. The van der Waals surface area contributed by atoms with E-state index in [0.29, 0.717) is 10.6 Å². The van der Waals surface area contributed by atoms with Crippen molar-refractivity contribution in [2.75, 3.05) is 0 Å². The van der Waals surface area contributed by atoms with Crippen molar-refractivity contribution in [2.24, 2.45) is 0 Å². The highest BCUT2D eigenvalue weighted by Gasteiger charge is 2.12. The molecule has 0 aliphatic rings. The topological polar surface area (TPSA) is 34.1 Å². The van der Waals surface area contributed by atoms with Crippen LogP contribution in [0.2, 0.25) is 10.0 Å². The minimum absolute atomic E-state index is 0.0125. The highest BCUT2D eigenvalue weighted by Crippen LogP contribution is 2.26. The summed E-state index contributed by atoms with van der Waals surface area (Å²) in [7, 11) is 0. The van der Waals surface area contributed by atoms with Gasteiger partial charge in [0, 0.05) is 18.4 Å². The summed E-state index contributed by atoms with van der Waals surface area (Å²) in [5.74, 6) is -0.167. The van der Waals surface area contributed by atoms with Crippen LogP contribution in [-0.2, 0) is 4.79 Å². The first-order valence-electron chi connectivity index (χ1n) is 4.49. The zero-order valence-electron chi connectivity index (χ0n) is 8.22. The van der Waals surface area contributed by atoms with Crippen LogP contribution in [0.5, 0.6) is 0 Å². The van der Waals surface area contributed by atoms with Crippen molar-refractivity contribution >= 4 is 34.8 Å². The Morgan fingerprint density at radius 1 is 1.20 bits per heavy atom. The van der Waals surface area contributed by atoms with Gasteiger partial charge in [0.2, 0.25) is 0 Å². The normalized spacial score (nSPS) is 10.1. The Morgan fingerprint density at radius 2 is 1.87 bits per heavy atom. The summed E-state index contributed by atoms with van der Waals surface area (Å²) in [6.45, 7) is 1.45. The van der Waals surface area contributed by atoms with Crippen molar-refractivity contribution in [3.63, 3.8) is 0 Å². The molecule has 0 aliphatic heterocycles. The number of benzene rings is 1. The van der Waals surface area contributed by atoms with Crippen molar-refractivity contribution in [1.29, 1.82) is 0 Å². The molecule has 1 rings (SSSR count). The van der Waals surface area contributed by atoms with Gasteiger partial charge in [0.1, 0.15) is 5.78 Å². The van der Waals surface area contributed by atoms with E-state index < -0.39 is 0 Å². The van der Waals surface area contributed by atoms with Gasteiger partial charge in [-0.1, -0.05) is 29.3 Å². The molecule has 80 valence electrons. The van der Waals surface area contributed by atoms with Crippen LogP contribution >= 0.6 is 23.2 Å². The minimum Gasteiger partial charge on any atom is -0.300 e. The van der Waals surface area contributed by atoms with E-state index in [2.05, 4.69) is 0 Å². The van der Waals surface area contributed by atoms with E-state index in [1.165, 1.54) is 6.92 Å². The van der Waals surface area contributed by atoms with Crippen LogP contribution in [0.1, 0.15) is 30.1 Å². The zero-order chi connectivity index (χ0) is 11.4. The van der Waals surface area contributed by atoms with Gasteiger partial charge in [-0.2, -0.15) is 0 Å². The highest BCUT2D eigenvalue weighted by molar-refractivity contribution is 6.43. The molecular formula is C11H10Cl2O2. The van der Waals surface area contributed by atoms with Crippen molar-refractivity contribution in [2.45, 2.75) is 19.8 Å². The van der Waals surface area contributed by atoms with Crippen LogP contribution in [0.15, 0.2) is 18.2 Å². The second-order valence-electron chi connectivity index (χ2n) is 3.23. The Balaban J connectivity index is 2.82. The number of carbonyl (C=O) groups excluding carboxylic acids is 2. The highest BCUT2D eigenvalue weighted by atomic mass is 35.5. The molecule has 0 fully saturated rings. The Hall–Kier alpha value is -0.860. The number of hydrogen-bond donors (Lipinski definition) is 0. The van der Waals surface area contributed by atoms with Crippen LogP contribution < -0.4 is 0 Å². The van der Waals surface area contributed by atoms with E-state index in [-0.39, 0.29) is 29.4 Å². The summed E-state index contributed by atoms with van der Waals surface area (Å²) in [5, 5.41) is 0.609. The molecule has 0 bridgehead atoms. The zero-order valence-corrected chi connectivity index (χ0v) is 9.73. The maximum absolute atomic E-state index is 11.6. The van der Waals surface area contributed by atoms with Crippen LogP contribution in [0, 0.1) is 0 Å². The number of hydrogen-bond acceptors (Lipinski definition) is 2. The standard InChI is InChI=1S/C11H10Cl2O2/c1-7(14)5-6-10(15)8-3-2-4-9(12)11(8)13/h2-4H,5-6H2,1H3. The molecule has 0 spiro atoms. The van der Waals surface area contributed by atoms with Gasteiger partial charge in [-0.25, -0.2) is 0 Å². The van der Waals surface area contributed by atoms with E-state index in [4.69, 9.17) is 23.2 Å². The fraction of sp³-hybridized carbons (Fsp3) is 0.273. The second-order valence-corrected chi connectivity index (χ2v) is 4.01. The van der Waals surface area contributed by atoms with Gasteiger partial charge in [-0.15, -0.1) is 0 Å². The Bertz CT molecular complexity index is 400. The fourth-order valence-electron chi connectivity index (χ4n) is 1.14. The summed E-state index contributed by atoms with van der Waals surface area (Å²) >= 11 is 11.6. The van der Waals surface area contributed by atoms with Gasteiger partial charge < -0.3 is 4.79 Å². The lowest BCUT2D eigenvalue weighted by molar-refractivity contribution is -0.116. The largest absolute Gasteiger partial charge is 0.300 e. The summed E-state index contributed by atoms with van der Waals surface area (Å²) in [6.07, 6.45) is 0.414. The predicted octanol–water partition coefficient (Wildman–Crippen LogP) is 3.55. The third-order valence-corrected chi connectivity index (χ3v) is 2.78. The molecule has 0 saturated carbocycles. The number of halogens is 2. The molecule has 4 heteroatoms. The second kappa shape index (κ2) is 5.29. The first-order chi connectivity index (χ1) is 7.02. The molecule has 0 saturated heterocycles. The van der Waals surface area contributed by atoms with Crippen molar-refractivity contribution in [1.82, 2.24) is 0 Å². The summed E-state index contributed by atoms with van der Waals surface area (Å²) in [5.41, 5.74) is 0.380. The van der Waals surface area contributed by atoms with Gasteiger partial charge in [-0.3, -0.25) is 4.79 Å². The average Bonchev–Trinajstić information content (AvgIpc) is 2.18. The van der Waals surface area contributed by atoms with Gasteiger partial charge >= 0.3 is 0 Å². The van der Waals surface area contributed by atoms with Crippen LogP contribution in [0.4, 0.5) is 0 Å². The SMILES string of the molecule is CC(=O)CCC(=O)c1cccc(Cl)c1Cl. The molecule has 0 aromatic heterocycles. The quantitative estimate of drug-likeness (QED) is 0.760. The van der Waals surface area contributed by atoms with Crippen LogP contribution in [0.25, 0.3) is 0 Å². The first-order valence-corrected chi connectivity index (χ1v) is 5.24. The van der Waals surface area contributed by atoms with Crippen molar-refractivity contribution < 1.29 is 9.59 Å². The monoisotopic (exact) mass is 244 g/mol. The fourth-order valence-corrected chi connectivity index (χ4v) is 1.55. The Labute approximate surface area is 98.2 Å². The molecule has 15 heavy (non-hydrogen) atoms. The molecule has 2 nitrogen and oxygen atoms in total. The smallest absolute Gasteiger partial charge is 0.164 e. The lowest BCUT2D eigenvalue weighted by Crippen LogP contribution is -2.03. The van der Waals surface area contributed by atoms with E-state index >= 15 is 0 Å². The number of rotatable bonds is 4. The maximum atomic E-state index is 11.6. The van der Waals surface area contributed by atoms with Crippen molar-refractivity contribution in [3.05, 3.63) is 33.8 Å². The Kier molecular flexibility index (Phi) is 4.30. The van der Waals surface area contributed by atoms with Crippen LogP contribution in [-0.4, -0.2) is 11.6 Å². The summed E-state index contributed by atoms with van der Waals surface area (Å²) < 4.78 is 0. The summed E-state index contributed by atoms with van der Waals surface area (Å²) in [6, 6.07) is 4.89. The van der Waals surface area contributed by atoms with E-state index in [1.807, 2.05) is 0 Å². The molecule has 0 aliphatic carbocycles. The molecule has 0 N–H and O–H groups in total. The first kappa shape index (κ1) is 12.2. The maximum Gasteiger partial charge on any atom is 0.164 e. The number of Topliss-reactive ketones (excluding diaryl/α,β-unsaturated/α-hetero) is 2. The van der Waals surface area contributed by atoms with Crippen molar-refractivity contribution in [3.8, 4) is 0 Å². The Morgan fingerprint density at radius 3 is 2.47 bits per heavy atom. The molecule has 0 unspecified atom stereocenters. The predicted molar refractivity (Wildman–Crippen MR) is 60.7 cm³/mol. The number of carbonyl (C=O) groups is 2. The third-order valence-electron chi connectivity index (χ3n) is 1.96. The van der Waals surface area contributed by atoms with Gasteiger partial charge in [-0.05, 0) is 19.1 Å². The van der Waals surface area contributed by atoms with Gasteiger partial charge in [0.15, 0.2) is 5.78 Å². The molecule has 1 aromatic carbocycles. The molecule has 0 heterocycles. The lowest BCUT2D eigenvalue weighted by Gasteiger charge is -2.03. The molecular weight excluding hydrogens is 235 g/mol. The van der Waals surface area contributed by atoms with Gasteiger partial charge in [0.05, 0.1) is 10.0 Å². The van der Waals surface area contributed by atoms with E-state index in [1.54, 1.807) is 18.2 Å². The molecule has 0 radical (unpaired) electrons. The number of ketones is 2. The lowest BCUT2D eigenvalue weighted by atomic mass is 10.1. The third kappa shape index (κ3) is 3.33. The molecule has 0 atom stereocenters. The van der Waals surface area contributed by atoms with E-state index in [9.17, 15) is 9.59 Å².